The van der Waals surface area contributed by atoms with Crippen molar-refractivity contribution in [1.82, 2.24) is 14.9 Å². The molecule has 51 heavy (non-hydrogen) atoms. The van der Waals surface area contributed by atoms with Gasteiger partial charge in [0.25, 0.3) is 15.9 Å². The first-order valence-corrected chi connectivity index (χ1v) is 17.7. The van der Waals surface area contributed by atoms with Gasteiger partial charge < -0.3 is 23.9 Å². The van der Waals surface area contributed by atoms with Gasteiger partial charge in [-0.2, -0.15) is 8.78 Å². The number of methoxy groups -OCH3 is 2. The van der Waals surface area contributed by atoms with Crippen LogP contribution in [0.3, 0.4) is 0 Å². The number of ether oxygens (including phenoxy) is 3. The van der Waals surface area contributed by atoms with Crippen molar-refractivity contribution < 1.29 is 45.0 Å². The average molecular weight is 749 g/mol. The van der Waals surface area contributed by atoms with E-state index in [0.29, 0.717) is 17.1 Å². The number of alkyl carbamates (subject to hydrolysis) is 1. The maximum Gasteiger partial charge on any atom is 0.420 e. The molecular formula is C34H35F3N4O8S2. The molecule has 1 unspecified atom stereocenters. The first-order valence-electron chi connectivity index (χ1n) is 15.4. The molecule has 0 aliphatic rings. The lowest BCUT2D eigenvalue weighted by Crippen LogP contribution is -2.39. The van der Waals surface area contributed by atoms with E-state index < -0.39 is 73.4 Å². The van der Waals surface area contributed by atoms with Gasteiger partial charge in [0.2, 0.25) is 0 Å². The summed E-state index contributed by atoms with van der Waals surface area (Å²) in [6, 6.07) is 10.6. The molecule has 12 nitrogen and oxygen atoms in total. The Balaban J connectivity index is 1.52. The summed E-state index contributed by atoms with van der Waals surface area (Å²) in [6.07, 6.45) is 0.363. The summed E-state index contributed by atoms with van der Waals surface area (Å²) >= 11 is 1.03. The number of sulfonamides is 1. The summed E-state index contributed by atoms with van der Waals surface area (Å²) < 4.78 is 98.4. The molecule has 0 bridgehead atoms. The smallest absolute Gasteiger partial charge is 0.420 e. The van der Waals surface area contributed by atoms with Gasteiger partial charge in [-0.15, -0.1) is 11.3 Å². The van der Waals surface area contributed by atoms with Crippen LogP contribution in [0.15, 0.2) is 80.3 Å². The van der Waals surface area contributed by atoms with Gasteiger partial charge in [-0.05, 0) is 51.5 Å². The van der Waals surface area contributed by atoms with E-state index in [1.165, 1.54) is 45.5 Å². The molecule has 0 spiro atoms. The Labute approximate surface area is 295 Å². The van der Waals surface area contributed by atoms with E-state index in [1.807, 2.05) is 0 Å². The minimum Gasteiger partial charge on any atom is -0.497 e. The highest BCUT2D eigenvalue weighted by molar-refractivity contribution is 7.93. The van der Waals surface area contributed by atoms with E-state index in [0.717, 1.165) is 38.4 Å². The predicted octanol–water partition coefficient (Wildman–Crippen LogP) is 6.83. The van der Waals surface area contributed by atoms with Gasteiger partial charge in [0.1, 0.15) is 22.6 Å². The standard InChI is InChI=1S/C34H35F3N4O8S2/c1-20(24-9-7-8-10-25(24)34(36,37)19-39-31(42)49-33(2,3)4)41-29-26(35)16-23(17-28(29)48-32(41)43)51(44,45)40(30-38-13-14-50-30)18-21-11-12-22(46-5)15-27(21)47-6/h7-17,20H,18-19H2,1-6H3,(H,39,42). The topological polar surface area (TPSA) is 142 Å². The maximum atomic E-state index is 16.1. The molecule has 5 rings (SSSR count). The van der Waals surface area contributed by atoms with E-state index in [4.69, 9.17) is 18.6 Å². The van der Waals surface area contributed by atoms with Gasteiger partial charge in [0.15, 0.2) is 16.5 Å². The molecular weight excluding hydrogens is 714 g/mol. The number of alkyl halides is 2. The number of rotatable bonds is 12. The van der Waals surface area contributed by atoms with Gasteiger partial charge in [0.05, 0.1) is 38.2 Å². The van der Waals surface area contributed by atoms with Crippen molar-refractivity contribution in [3.05, 3.63) is 99.2 Å². The van der Waals surface area contributed by atoms with Crippen molar-refractivity contribution in [3.63, 3.8) is 0 Å². The number of aromatic nitrogens is 2. The van der Waals surface area contributed by atoms with Crippen LogP contribution in [0, 0.1) is 5.82 Å². The number of carbonyl (C=O) groups excluding carboxylic acids is 1. The van der Waals surface area contributed by atoms with Gasteiger partial charge in [-0.1, -0.05) is 24.3 Å². The van der Waals surface area contributed by atoms with Gasteiger partial charge >= 0.3 is 11.8 Å². The van der Waals surface area contributed by atoms with E-state index in [-0.39, 0.29) is 17.2 Å². The minimum absolute atomic E-state index is 0.0692. The first kappa shape index (κ1) is 37.2. The Bertz CT molecular complexity index is 2210. The number of hydrogen-bond donors (Lipinski definition) is 1. The average Bonchev–Trinajstić information content (AvgIpc) is 3.73. The Morgan fingerprint density at radius 2 is 1.82 bits per heavy atom. The zero-order valence-corrected chi connectivity index (χ0v) is 30.0. The fraction of sp³-hybridized carbons (Fsp3) is 0.324. The van der Waals surface area contributed by atoms with Crippen LogP contribution in [0.4, 0.5) is 23.1 Å². The molecule has 0 radical (unpaired) electrons. The summed E-state index contributed by atoms with van der Waals surface area (Å²) in [5, 5.41) is 3.70. The summed E-state index contributed by atoms with van der Waals surface area (Å²) in [6.45, 7) is 4.76. The number of halogens is 3. The largest absolute Gasteiger partial charge is 0.497 e. The molecule has 3 aromatic carbocycles. The number of nitrogens with zero attached hydrogens (tertiary/aromatic N) is 3. The molecule has 17 heteroatoms. The molecule has 0 fully saturated rings. The Kier molecular flexibility index (Phi) is 10.4. The first-order chi connectivity index (χ1) is 24.0. The second-order valence-electron chi connectivity index (χ2n) is 12.3. The zero-order chi connectivity index (χ0) is 37.3. The Morgan fingerprint density at radius 3 is 2.47 bits per heavy atom. The SMILES string of the molecule is COc1ccc(CN(c2nccs2)S(=O)(=O)c2cc(F)c3c(c2)oc(=O)n3C(C)c2ccccc2C(F)(F)CNC(=O)OC(C)(C)C)c(OC)c1. The normalized spacial score (nSPS) is 12.8. The minimum atomic E-state index is -4.56. The molecule has 1 amide bonds. The lowest BCUT2D eigenvalue weighted by Gasteiger charge is -2.25. The van der Waals surface area contributed by atoms with Crippen molar-refractivity contribution in [3.8, 4) is 11.5 Å². The van der Waals surface area contributed by atoms with Crippen LogP contribution in [-0.4, -0.2) is 50.4 Å². The molecule has 0 aliphatic heterocycles. The third-order valence-electron chi connectivity index (χ3n) is 7.71. The highest BCUT2D eigenvalue weighted by atomic mass is 32.2. The lowest BCUT2D eigenvalue weighted by molar-refractivity contribution is -0.0102. The molecule has 2 aromatic heterocycles. The van der Waals surface area contributed by atoms with Crippen LogP contribution in [0.2, 0.25) is 0 Å². The number of benzene rings is 3. The van der Waals surface area contributed by atoms with Crippen LogP contribution in [0.1, 0.15) is 50.4 Å². The fourth-order valence-corrected chi connectivity index (χ4v) is 7.68. The quantitative estimate of drug-likeness (QED) is 0.145. The molecule has 0 aliphatic carbocycles. The number of nitrogens with one attached hydrogen (secondary N) is 1. The second-order valence-corrected chi connectivity index (χ2v) is 15.1. The molecule has 1 atom stereocenters. The lowest BCUT2D eigenvalue weighted by atomic mass is 9.96. The maximum absolute atomic E-state index is 16.1. The van der Waals surface area contributed by atoms with Crippen molar-refractivity contribution in [2.24, 2.45) is 0 Å². The number of thiazole rings is 1. The number of anilines is 1. The Morgan fingerprint density at radius 1 is 1.10 bits per heavy atom. The number of carbonyl (C=O) groups is 1. The summed E-state index contributed by atoms with van der Waals surface area (Å²) in [4.78, 5) is 28.9. The van der Waals surface area contributed by atoms with E-state index in [9.17, 15) is 18.0 Å². The Hall–Kier alpha value is -5.03. The van der Waals surface area contributed by atoms with E-state index >= 15 is 13.2 Å². The van der Waals surface area contributed by atoms with E-state index in [2.05, 4.69) is 10.3 Å². The molecule has 2 heterocycles. The van der Waals surface area contributed by atoms with Crippen LogP contribution >= 0.6 is 11.3 Å². The molecule has 5 aromatic rings. The molecule has 0 saturated heterocycles. The molecule has 1 N–H and O–H groups in total. The zero-order valence-electron chi connectivity index (χ0n) is 28.4. The number of oxazole rings is 1. The van der Waals surface area contributed by atoms with E-state index in [1.54, 1.807) is 44.4 Å². The van der Waals surface area contributed by atoms with Gasteiger partial charge in [0, 0.05) is 34.8 Å². The molecule has 272 valence electrons. The van der Waals surface area contributed by atoms with Gasteiger partial charge in [-0.3, -0.25) is 4.57 Å². The predicted molar refractivity (Wildman–Crippen MR) is 184 cm³/mol. The monoisotopic (exact) mass is 748 g/mol. The number of hydrogen-bond acceptors (Lipinski definition) is 10. The van der Waals surface area contributed by atoms with Crippen molar-refractivity contribution in [2.75, 3.05) is 25.1 Å². The second kappa shape index (κ2) is 14.3. The fourth-order valence-electron chi connectivity index (χ4n) is 5.38. The van der Waals surface area contributed by atoms with Crippen molar-refractivity contribution in [1.29, 1.82) is 0 Å². The van der Waals surface area contributed by atoms with Crippen LogP contribution in [-0.2, 0) is 27.2 Å². The third kappa shape index (κ3) is 7.83. The van der Waals surface area contributed by atoms with Gasteiger partial charge in [-0.25, -0.2) is 31.7 Å². The van der Waals surface area contributed by atoms with Crippen molar-refractivity contribution in [2.45, 2.75) is 56.7 Å². The highest BCUT2D eigenvalue weighted by Crippen LogP contribution is 2.37. The summed E-state index contributed by atoms with van der Waals surface area (Å²) in [5.41, 5.74) is -1.94. The van der Waals surface area contributed by atoms with Crippen LogP contribution in [0.5, 0.6) is 11.5 Å². The number of amides is 1. The summed E-state index contributed by atoms with van der Waals surface area (Å²) in [5.74, 6) is -5.10. The molecule has 0 saturated carbocycles. The van der Waals surface area contributed by atoms with Crippen molar-refractivity contribution >= 4 is 43.7 Å². The number of fused-ring (bicyclic) bond motifs is 1. The highest BCUT2D eigenvalue weighted by Gasteiger charge is 2.37. The van der Waals surface area contributed by atoms with Crippen LogP contribution in [0.25, 0.3) is 11.1 Å². The third-order valence-corrected chi connectivity index (χ3v) is 10.3. The summed E-state index contributed by atoms with van der Waals surface area (Å²) in [7, 11) is -1.68. The van der Waals surface area contributed by atoms with Crippen LogP contribution < -0.4 is 24.9 Å².